The van der Waals surface area contributed by atoms with E-state index in [-0.39, 0.29) is 6.04 Å². The van der Waals surface area contributed by atoms with Gasteiger partial charge in [0.25, 0.3) is 0 Å². The molecule has 0 saturated carbocycles. The van der Waals surface area contributed by atoms with Gasteiger partial charge in [0.05, 0.1) is 7.11 Å². The molecule has 15 heavy (non-hydrogen) atoms. The van der Waals surface area contributed by atoms with Crippen LogP contribution in [0.15, 0.2) is 22.7 Å². The molecule has 2 nitrogen and oxygen atoms in total. The second-order valence-corrected chi connectivity index (χ2v) is 4.71. The van der Waals surface area contributed by atoms with E-state index in [0.29, 0.717) is 5.92 Å². The zero-order valence-corrected chi connectivity index (χ0v) is 11.0. The molecule has 0 aliphatic heterocycles. The molecule has 1 unspecified atom stereocenters. The topological polar surface area (TPSA) is 35.2 Å². The Labute approximate surface area is 99.9 Å². The van der Waals surface area contributed by atoms with Gasteiger partial charge in [-0.25, -0.2) is 0 Å². The number of hydrogen-bond donors (Lipinski definition) is 1. The number of halogens is 1. The molecule has 0 aliphatic carbocycles. The van der Waals surface area contributed by atoms with Gasteiger partial charge in [-0.1, -0.05) is 42.3 Å². The molecule has 0 amide bonds. The minimum atomic E-state index is 0.0399. The summed E-state index contributed by atoms with van der Waals surface area (Å²) in [6.45, 7) is 4.31. The van der Waals surface area contributed by atoms with Gasteiger partial charge in [0.15, 0.2) is 0 Å². The lowest BCUT2D eigenvalue weighted by molar-refractivity contribution is 0.388. The Bertz CT molecular complexity index is 327. The number of hydrogen-bond acceptors (Lipinski definition) is 2. The predicted molar refractivity (Wildman–Crippen MR) is 67.1 cm³/mol. The van der Waals surface area contributed by atoms with Crippen molar-refractivity contribution < 1.29 is 4.74 Å². The standard InChI is InChI=1S/C12H18BrNO/c1-4-8(2)12(14)10-6-5-9(13)7-11(10)15-3/h5-8,12H,4,14H2,1-3H3/t8?,12-/m1/s1. The molecule has 0 aromatic heterocycles. The summed E-state index contributed by atoms with van der Waals surface area (Å²) in [6.07, 6.45) is 1.07. The lowest BCUT2D eigenvalue weighted by Gasteiger charge is -2.21. The average molecular weight is 272 g/mol. The highest BCUT2D eigenvalue weighted by Crippen LogP contribution is 2.31. The second kappa shape index (κ2) is 5.52. The summed E-state index contributed by atoms with van der Waals surface area (Å²) < 4.78 is 6.35. The molecule has 0 fully saturated rings. The number of methoxy groups -OCH3 is 1. The summed E-state index contributed by atoms with van der Waals surface area (Å²) >= 11 is 3.42. The monoisotopic (exact) mass is 271 g/mol. The molecule has 0 aliphatic rings. The second-order valence-electron chi connectivity index (χ2n) is 3.80. The molecule has 0 heterocycles. The first-order valence-corrected chi connectivity index (χ1v) is 5.98. The zero-order valence-electron chi connectivity index (χ0n) is 9.46. The van der Waals surface area contributed by atoms with Gasteiger partial charge in [0, 0.05) is 16.1 Å². The van der Waals surface area contributed by atoms with Crippen LogP contribution in [-0.2, 0) is 0 Å². The van der Waals surface area contributed by atoms with Crippen molar-refractivity contribution >= 4 is 15.9 Å². The van der Waals surface area contributed by atoms with Crippen molar-refractivity contribution in [3.63, 3.8) is 0 Å². The number of benzene rings is 1. The van der Waals surface area contributed by atoms with E-state index in [4.69, 9.17) is 10.5 Å². The van der Waals surface area contributed by atoms with Gasteiger partial charge in [-0.05, 0) is 18.1 Å². The summed E-state index contributed by atoms with van der Waals surface area (Å²) in [5.41, 5.74) is 7.26. The van der Waals surface area contributed by atoms with Gasteiger partial charge in [0.2, 0.25) is 0 Å². The Morgan fingerprint density at radius 2 is 2.13 bits per heavy atom. The van der Waals surface area contributed by atoms with Crippen LogP contribution in [0.1, 0.15) is 31.9 Å². The van der Waals surface area contributed by atoms with Gasteiger partial charge in [-0.3, -0.25) is 0 Å². The van der Waals surface area contributed by atoms with Gasteiger partial charge in [-0.2, -0.15) is 0 Å². The Kier molecular flexibility index (Phi) is 4.61. The van der Waals surface area contributed by atoms with Crippen molar-refractivity contribution in [1.82, 2.24) is 0 Å². The summed E-state index contributed by atoms with van der Waals surface area (Å²) in [4.78, 5) is 0. The maximum atomic E-state index is 6.18. The number of nitrogens with two attached hydrogens (primary N) is 1. The Hall–Kier alpha value is -0.540. The van der Waals surface area contributed by atoms with Crippen LogP contribution in [0.2, 0.25) is 0 Å². The third kappa shape index (κ3) is 2.95. The van der Waals surface area contributed by atoms with Crippen molar-refractivity contribution in [3.05, 3.63) is 28.2 Å². The average Bonchev–Trinajstić information content (AvgIpc) is 2.26. The molecule has 0 radical (unpaired) electrons. The first-order chi connectivity index (χ1) is 7.10. The largest absolute Gasteiger partial charge is 0.496 e. The minimum absolute atomic E-state index is 0.0399. The van der Waals surface area contributed by atoms with Gasteiger partial charge >= 0.3 is 0 Å². The molecule has 0 spiro atoms. The summed E-state index contributed by atoms with van der Waals surface area (Å²) in [7, 11) is 1.68. The van der Waals surface area contributed by atoms with Gasteiger partial charge < -0.3 is 10.5 Å². The highest BCUT2D eigenvalue weighted by atomic mass is 79.9. The predicted octanol–water partition coefficient (Wildman–Crippen LogP) is 3.50. The fraction of sp³-hybridized carbons (Fsp3) is 0.500. The van der Waals surface area contributed by atoms with Crippen LogP contribution < -0.4 is 10.5 Å². The Balaban J connectivity index is 3.02. The van der Waals surface area contributed by atoms with Crippen LogP contribution in [-0.4, -0.2) is 7.11 Å². The Morgan fingerprint density at radius 1 is 1.47 bits per heavy atom. The molecular weight excluding hydrogens is 254 g/mol. The maximum absolute atomic E-state index is 6.18. The van der Waals surface area contributed by atoms with Crippen LogP contribution >= 0.6 is 15.9 Å². The molecule has 1 aromatic carbocycles. The van der Waals surface area contributed by atoms with Crippen LogP contribution in [0.4, 0.5) is 0 Å². The highest BCUT2D eigenvalue weighted by molar-refractivity contribution is 9.10. The third-order valence-corrected chi connectivity index (χ3v) is 3.30. The first kappa shape index (κ1) is 12.5. The van der Waals surface area contributed by atoms with E-state index in [1.54, 1.807) is 7.11 Å². The van der Waals surface area contributed by atoms with Crippen molar-refractivity contribution in [2.75, 3.05) is 7.11 Å². The van der Waals surface area contributed by atoms with E-state index < -0.39 is 0 Å². The van der Waals surface area contributed by atoms with Crippen LogP contribution in [0.25, 0.3) is 0 Å². The lowest BCUT2D eigenvalue weighted by Crippen LogP contribution is -2.19. The Morgan fingerprint density at radius 3 is 2.67 bits per heavy atom. The van der Waals surface area contributed by atoms with Crippen molar-refractivity contribution in [2.45, 2.75) is 26.3 Å². The van der Waals surface area contributed by atoms with E-state index in [2.05, 4.69) is 29.8 Å². The van der Waals surface area contributed by atoms with Crippen molar-refractivity contribution in [2.24, 2.45) is 11.7 Å². The van der Waals surface area contributed by atoms with E-state index >= 15 is 0 Å². The maximum Gasteiger partial charge on any atom is 0.124 e. The van der Waals surface area contributed by atoms with Crippen LogP contribution in [0.3, 0.4) is 0 Å². The van der Waals surface area contributed by atoms with Crippen LogP contribution in [0.5, 0.6) is 5.75 Å². The number of rotatable bonds is 4. The third-order valence-electron chi connectivity index (χ3n) is 2.81. The van der Waals surface area contributed by atoms with E-state index in [1.165, 1.54) is 0 Å². The minimum Gasteiger partial charge on any atom is -0.496 e. The summed E-state index contributed by atoms with van der Waals surface area (Å²) in [6, 6.07) is 6.02. The van der Waals surface area contributed by atoms with E-state index in [1.807, 2.05) is 18.2 Å². The molecule has 1 rings (SSSR count). The zero-order chi connectivity index (χ0) is 11.4. The molecule has 1 aromatic rings. The number of ether oxygens (including phenoxy) is 1. The molecule has 2 N–H and O–H groups in total. The van der Waals surface area contributed by atoms with Crippen LogP contribution in [0, 0.1) is 5.92 Å². The quantitative estimate of drug-likeness (QED) is 0.910. The fourth-order valence-corrected chi connectivity index (χ4v) is 1.86. The molecule has 0 bridgehead atoms. The fourth-order valence-electron chi connectivity index (χ4n) is 1.52. The summed E-state index contributed by atoms with van der Waals surface area (Å²) in [5.74, 6) is 1.32. The molecule has 2 atom stereocenters. The van der Waals surface area contributed by atoms with Gasteiger partial charge in [0.1, 0.15) is 5.75 Å². The molecule has 3 heteroatoms. The highest BCUT2D eigenvalue weighted by Gasteiger charge is 2.17. The molecular formula is C12H18BrNO. The summed E-state index contributed by atoms with van der Waals surface area (Å²) in [5, 5.41) is 0. The SMILES string of the molecule is CCC(C)[C@@H](N)c1ccc(Br)cc1OC. The first-order valence-electron chi connectivity index (χ1n) is 5.19. The smallest absolute Gasteiger partial charge is 0.124 e. The van der Waals surface area contributed by atoms with Crippen molar-refractivity contribution in [3.8, 4) is 5.75 Å². The van der Waals surface area contributed by atoms with Gasteiger partial charge in [-0.15, -0.1) is 0 Å². The van der Waals surface area contributed by atoms with E-state index in [9.17, 15) is 0 Å². The molecule has 84 valence electrons. The lowest BCUT2D eigenvalue weighted by atomic mass is 9.93. The van der Waals surface area contributed by atoms with E-state index in [0.717, 1.165) is 22.2 Å². The normalized spacial score (nSPS) is 14.7. The van der Waals surface area contributed by atoms with Crippen molar-refractivity contribution in [1.29, 1.82) is 0 Å². The molecule has 0 saturated heterocycles.